The van der Waals surface area contributed by atoms with Crippen LogP contribution in [0.15, 0.2) is 21.7 Å². The molecule has 0 radical (unpaired) electrons. The molecule has 0 bridgehead atoms. The number of H-pyrrole nitrogens is 1. The number of nitrogens with one attached hydrogen (secondary N) is 1. The molecule has 1 aromatic heterocycles. The molecule has 0 fully saturated rings. The Balaban J connectivity index is 2.92. The quantitative estimate of drug-likeness (QED) is 0.863. The molecule has 0 aliphatic carbocycles. The molecule has 1 aromatic carbocycles. The lowest BCUT2D eigenvalue weighted by atomic mass is 10.2. The van der Waals surface area contributed by atoms with Gasteiger partial charge in [-0.3, -0.25) is 9.36 Å². The van der Waals surface area contributed by atoms with Crippen molar-refractivity contribution in [2.75, 3.05) is 5.88 Å². The van der Waals surface area contributed by atoms with E-state index < -0.39 is 11.2 Å². The summed E-state index contributed by atoms with van der Waals surface area (Å²) in [6.07, 6.45) is 0. The summed E-state index contributed by atoms with van der Waals surface area (Å²) in [6, 6.07) is 2.93. The van der Waals surface area contributed by atoms with Gasteiger partial charge in [-0.1, -0.05) is 23.2 Å². The number of hydrogen-bond acceptors (Lipinski definition) is 2. The van der Waals surface area contributed by atoms with Gasteiger partial charge in [-0.05, 0) is 12.1 Å². The highest BCUT2D eigenvalue weighted by atomic mass is 35.5. The van der Waals surface area contributed by atoms with E-state index in [0.717, 1.165) is 4.57 Å². The predicted octanol–water partition coefficient (Wildman–Crippen LogP) is 2.24. The van der Waals surface area contributed by atoms with Crippen molar-refractivity contribution in [2.24, 2.45) is 0 Å². The van der Waals surface area contributed by atoms with Crippen molar-refractivity contribution in [1.82, 2.24) is 9.55 Å². The van der Waals surface area contributed by atoms with E-state index in [-0.39, 0.29) is 28.4 Å². The maximum Gasteiger partial charge on any atom is 0.328 e. The third-order valence-electron chi connectivity index (χ3n) is 2.32. The third kappa shape index (κ3) is 2.20. The van der Waals surface area contributed by atoms with Gasteiger partial charge in [-0.25, -0.2) is 4.79 Å². The number of aromatic nitrogens is 2. The molecule has 90 valence electrons. The van der Waals surface area contributed by atoms with Crippen molar-refractivity contribution in [2.45, 2.75) is 6.54 Å². The molecule has 0 spiro atoms. The molecule has 2 rings (SSSR count). The standard InChI is InChI=1S/C10H7Cl3N2O2/c11-1-2-15-9(16)6-3-5(12)4-7(13)8(6)14-10(15)17/h3-4H,1-2H2,(H,14,17). The number of alkyl halides is 1. The SMILES string of the molecule is O=c1[nH]c2c(Cl)cc(Cl)cc2c(=O)n1CCCl. The van der Waals surface area contributed by atoms with Crippen LogP contribution in [0.1, 0.15) is 0 Å². The zero-order valence-corrected chi connectivity index (χ0v) is 10.7. The summed E-state index contributed by atoms with van der Waals surface area (Å²) in [5.41, 5.74) is -0.696. The maximum absolute atomic E-state index is 12.0. The summed E-state index contributed by atoms with van der Waals surface area (Å²) in [4.78, 5) is 26.2. The average molecular weight is 294 g/mol. The number of halogens is 3. The summed E-state index contributed by atoms with van der Waals surface area (Å²) in [7, 11) is 0. The van der Waals surface area contributed by atoms with Crippen molar-refractivity contribution >= 4 is 45.7 Å². The van der Waals surface area contributed by atoms with E-state index in [9.17, 15) is 9.59 Å². The molecule has 4 nitrogen and oxygen atoms in total. The number of hydrogen-bond donors (Lipinski definition) is 1. The Labute approximate surface area is 111 Å². The smallest absolute Gasteiger partial charge is 0.305 e. The minimum Gasteiger partial charge on any atom is -0.305 e. The molecule has 1 heterocycles. The molecule has 1 N–H and O–H groups in total. The molecular weight excluding hydrogens is 286 g/mol. The van der Waals surface area contributed by atoms with Gasteiger partial charge < -0.3 is 4.98 Å². The van der Waals surface area contributed by atoms with Gasteiger partial charge in [-0.2, -0.15) is 0 Å². The number of aromatic amines is 1. The van der Waals surface area contributed by atoms with Crippen molar-refractivity contribution in [3.05, 3.63) is 43.0 Å². The number of benzene rings is 1. The van der Waals surface area contributed by atoms with Crippen LogP contribution in [0.3, 0.4) is 0 Å². The number of fused-ring (bicyclic) bond motifs is 1. The number of rotatable bonds is 2. The van der Waals surface area contributed by atoms with Gasteiger partial charge >= 0.3 is 5.69 Å². The molecule has 0 saturated carbocycles. The van der Waals surface area contributed by atoms with E-state index in [1.807, 2.05) is 0 Å². The molecule has 7 heteroatoms. The van der Waals surface area contributed by atoms with E-state index >= 15 is 0 Å². The molecule has 2 aromatic rings. The van der Waals surface area contributed by atoms with Gasteiger partial charge in [-0.15, -0.1) is 11.6 Å². The van der Waals surface area contributed by atoms with Gasteiger partial charge in [0.1, 0.15) is 0 Å². The molecular formula is C10H7Cl3N2O2. The molecule has 0 saturated heterocycles. The molecule has 0 atom stereocenters. The molecule has 0 aliphatic heterocycles. The molecule has 0 unspecified atom stereocenters. The summed E-state index contributed by atoms with van der Waals surface area (Å²) in [6.45, 7) is 0.135. The Bertz CT molecular complexity index is 690. The fourth-order valence-electron chi connectivity index (χ4n) is 1.57. The third-order valence-corrected chi connectivity index (χ3v) is 3.00. The molecule has 0 aliphatic rings. The Morgan fingerprint density at radius 3 is 2.59 bits per heavy atom. The average Bonchev–Trinajstić information content (AvgIpc) is 2.26. The van der Waals surface area contributed by atoms with Gasteiger partial charge in [0.15, 0.2) is 0 Å². The van der Waals surface area contributed by atoms with E-state index in [1.165, 1.54) is 12.1 Å². The first kappa shape index (κ1) is 12.5. The zero-order chi connectivity index (χ0) is 12.6. The van der Waals surface area contributed by atoms with Gasteiger partial charge in [0.2, 0.25) is 0 Å². The highest BCUT2D eigenvalue weighted by Crippen LogP contribution is 2.23. The normalized spacial score (nSPS) is 11.0. The van der Waals surface area contributed by atoms with Crippen LogP contribution in [0.25, 0.3) is 10.9 Å². The first-order chi connectivity index (χ1) is 8.04. The summed E-state index contributed by atoms with van der Waals surface area (Å²) in [5.74, 6) is 0.169. The Morgan fingerprint density at radius 1 is 1.24 bits per heavy atom. The van der Waals surface area contributed by atoms with Gasteiger partial charge in [0.05, 0.1) is 15.9 Å². The summed E-state index contributed by atoms with van der Waals surface area (Å²) < 4.78 is 1.02. The van der Waals surface area contributed by atoms with Crippen LogP contribution in [0.2, 0.25) is 10.0 Å². The highest BCUT2D eigenvalue weighted by molar-refractivity contribution is 6.38. The lowest BCUT2D eigenvalue weighted by Crippen LogP contribution is -2.35. The number of nitrogens with zero attached hydrogens (tertiary/aromatic N) is 1. The second-order valence-corrected chi connectivity index (χ2v) is 4.61. The van der Waals surface area contributed by atoms with Crippen LogP contribution < -0.4 is 11.2 Å². The highest BCUT2D eigenvalue weighted by Gasteiger charge is 2.10. The van der Waals surface area contributed by atoms with E-state index in [1.54, 1.807) is 0 Å². The topological polar surface area (TPSA) is 54.9 Å². The minimum atomic E-state index is -0.535. The van der Waals surface area contributed by atoms with E-state index in [4.69, 9.17) is 34.8 Å². The molecule has 0 amide bonds. The fraction of sp³-hybridized carbons (Fsp3) is 0.200. The first-order valence-corrected chi connectivity index (χ1v) is 6.01. The van der Waals surface area contributed by atoms with Gasteiger partial charge in [0.25, 0.3) is 5.56 Å². The minimum absolute atomic E-state index is 0.135. The van der Waals surface area contributed by atoms with Crippen molar-refractivity contribution in [3.63, 3.8) is 0 Å². The van der Waals surface area contributed by atoms with Crippen LogP contribution in [0.4, 0.5) is 0 Å². The maximum atomic E-state index is 12.0. The Morgan fingerprint density at radius 2 is 1.94 bits per heavy atom. The lowest BCUT2D eigenvalue weighted by molar-refractivity contribution is 0.688. The van der Waals surface area contributed by atoms with Crippen molar-refractivity contribution in [1.29, 1.82) is 0 Å². The van der Waals surface area contributed by atoms with Crippen molar-refractivity contribution < 1.29 is 0 Å². The zero-order valence-electron chi connectivity index (χ0n) is 8.47. The monoisotopic (exact) mass is 292 g/mol. The van der Waals surface area contributed by atoms with E-state index in [2.05, 4.69) is 4.98 Å². The van der Waals surface area contributed by atoms with Crippen LogP contribution in [-0.2, 0) is 6.54 Å². The Kier molecular flexibility index (Phi) is 3.47. The van der Waals surface area contributed by atoms with Crippen LogP contribution in [0.5, 0.6) is 0 Å². The van der Waals surface area contributed by atoms with Gasteiger partial charge in [0, 0.05) is 17.4 Å². The predicted molar refractivity (Wildman–Crippen MR) is 69.6 cm³/mol. The lowest BCUT2D eigenvalue weighted by Gasteiger charge is -2.05. The van der Waals surface area contributed by atoms with Crippen LogP contribution in [0, 0.1) is 0 Å². The fourth-order valence-corrected chi connectivity index (χ4v) is 2.28. The first-order valence-electron chi connectivity index (χ1n) is 4.72. The van der Waals surface area contributed by atoms with Crippen LogP contribution in [-0.4, -0.2) is 15.4 Å². The second kappa shape index (κ2) is 4.72. The largest absolute Gasteiger partial charge is 0.328 e. The summed E-state index contributed by atoms with van der Waals surface area (Å²) >= 11 is 17.3. The second-order valence-electron chi connectivity index (χ2n) is 3.39. The van der Waals surface area contributed by atoms with Crippen LogP contribution >= 0.6 is 34.8 Å². The molecule has 17 heavy (non-hydrogen) atoms. The Hall–Kier alpha value is -0.970. The summed E-state index contributed by atoms with van der Waals surface area (Å²) in [5, 5.41) is 0.844. The van der Waals surface area contributed by atoms with E-state index in [0.29, 0.717) is 5.02 Å². The van der Waals surface area contributed by atoms with Crippen molar-refractivity contribution in [3.8, 4) is 0 Å².